The summed E-state index contributed by atoms with van der Waals surface area (Å²) in [6.07, 6.45) is 0.0577. The summed E-state index contributed by atoms with van der Waals surface area (Å²) >= 11 is 0. The van der Waals surface area contributed by atoms with E-state index in [0.717, 1.165) is 0 Å². The number of amides is 1. The summed E-state index contributed by atoms with van der Waals surface area (Å²) < 4.78 is 26.2. The van der Waals surface area contributed by atoms with Gasteiger partial charge in [-0.2, -0.15) is 0 Å². The molecule has 136 valence electrons. The van der Waals surface area contributed by atoms with Crippen molar-refractivity contribution in [2.24, 2.45) is 0 Å². The average molecular weight is 372 g/mol. The van der Waals surface area contributed by atoms with Crippen LogP contribution in [-0.4, -0.2) is 25.1 Å². The Bertz CT molecular complexity index is 943. The van der Waals surface area contributed by atoms with Gasteiger partial charge in [-0.1, -0.05) is 49.4 Å². The van der Waals surface area contributed by atoms with E-state index in [0.29, 0.717) is 16.7 Å². The van der Waals surface area contributed by atoms with Crippen LogP contribution in [-0.2, 0) is 14.8 Å². The first-order valence-corrected chi connectivity index (χ1v) is 9.45. The third-order valence-corrected chi connectivity index (χ3v) is 5.09. The number of hydrogen-bond donors (Lipinski definition) is 3. The first kappa shape index (κ1) is 19.4. The van der Waals surface area contributed by atoms with Gasteiger partial charge in [0.15, 0.2) is 0 Å². The third-order valence-electron chi connectivity index (χ3n) is 3.70. The number of sulfonamides is 1. The standard InChI is InChI=1S/C19H20N2O4S/c1-3-17(23)21-26(24,25)16-11-9-14(10-12-16)18(13(2)22)19(20)15-7-5-4-6-8-15/h4-12,20,22H,3H2,1-2H3,(H,21,23)/b18-13-,20-19?. The number of benzene rings is 2. The Morgan fingerprint density at radius 3 is 2.12 bits per heavy atom. The van der Waals surface area contributed by atoms with E-state index >= 15 is 0 Å². The highest BCUT2D eigenvalue weighted by Gasteiger charge is 2.18. The molecule has 0 unspecified atom stereocenters. The van der Waals surface area contributed by atoms with Crippen LogP contribution in [0, 0.1) is 5.41 Å². The van der Waals surface area contributed by atoms with Crippen LogP contribution in [0.4, 0.5) is 0 Å². The molecule has 0 heterocycles. The zero-order chi connectivity index (χ0) is 19.3. The van der Waals surface area contributed by atoms with E-state index in [1.807, 2.05) is 10.8 Å². The highest BCUT2D eigenvalue weighted by molar-refractivity contribution is 7.90. The Morgan fingerprint density at radius 1 is 1.04 bits per heavy atom. The minimum absolute atomic E-state index is 0.0475. The molecule has 0 bridgehead atoms. The number of nitrogens with one attached hydrogen (secondary N) is 2. The predicted molar refractivity (Wildman–Crippen MR) is 101 cm³/mol. The SMILES string of the molecule is CCC(=O)NS(=O)(=O)c1ccc(/C(C(=N)c2ccccc2)=C(\C)O)cc1. The molecule has 6 nitrogen and oxygen atoms in total. The zero-order valence-electron chi connectivity index (χ0n) is 14.5. The Labute approximate surface area is 152 Å². The van der Waals surface area contributed by atoms with Gasteiger partial charge in [-0.25, -0.2) is 13.1 Å². The lowest BCUT2D eigenvalue weighted by Crippen LogP contribution is -2.29. The number of carbonyl (C=O) groups excluding carboxylic acids is 1. The van der Waals surface area contributed by atoms with Gasteiger partial charge in [0.25, 0.3) is 10.0 Å². The van der Waals surface area contributed by atoms with E-state index in [9.17, 15) is 18.3 Å². The minimum atomic E-state index is -3.94. The van der Waals surface area contributed by atoms with Crippen molar-refractivity contribution >= 4 is 27.2 Å². The Kier molecular flexibility index (Phi) is 5.94. The summed E-state index contributed by atoms with van der Waals surface area (Å²) in [7, 11) is -3.94. The van der Waals surface area contributed by atoms with Crippen LogP contribution >= 0.6 is 0 Å². The van der Waals surface area contributed by atoms with E-state index in [2.05, 4.69) is 0 Å². The summed E-state index contributed by atoms with van der Waals surface area (Å²) in [5.74, 6) is -0.638. The van der Waals surface area contributed by atoms with Crippen molar-refractivity contribution in [1.82, 2.24) is 4.72 Å². The van der Waals surface area contributed by atoms with Gasteiger partial charge in [-0.05, 0) is 24.6 Å². The van der Waals surface area contributed by atoms with Crippen molar-refractivity contribution in [3.05, 3.63) is 71.5 Å². The van der Waals surface area contributed by atoms with Crippen molar-refractivity contribution < 1.29 is 18.3 Å². The van der Waals surface area contributed by atoms with E-state index < -0.39 is 15.9 Å². The smallest absolute Gasteiger partial charge is 0.264 e. The first-order chi connectivity index (χ1) is 12.3. The monoisotopic (exact) mass is 372 g/mol. The fraction of sp³-hybridized carbons (Fsp3) is 0.158. The molecule has 0 aliphatic heterocycles. The summed E-state index contributed by atoms with van der Waals surface area (Å²) in [5, 5.41) is 18.4. The van der Waals surface area contributed by atoms with Gasteiger partial charge in [-0.15, -0.1) is 0 Å². The topological polar surface area (TPSA) is 107 Å². The molecule has 0 spiro atoms. The van der Waals surface area contributed by atoms with Crippen LogP contribution in [0.15, 0.2) is 65.3 Å². The van der Waals surface area contributed by atoms with E-state index in [4.69, 9.17) is 5.41 Å². The predicted octanol–water partition coefficient (Wildman–Crippen LogP) is 3.26. The molecule has 0 aromatic heterocycles. The molecule has 0 saturated heterocycles. The molecule has 0 fully saturated rings. The molecule has 2 aromatic rings. The van der Waals surface area contributed by atoms with Crippen molar-refractivity contribution in [1.29, 1.82) is 5.41 Å². The highest BCUT2D eigenvalue weighted by atomic mass is 32.2. The molecule has 26 heavy (non-hydrogen) atoms. The molecular weight excluding hydrogens is 352 g/mol. The van der Waals surface area contributed by atoms with E-state index in [1.165, 1.54) is 31.2 Å². The number of aliphatic hydroxyl groups excluding tert-OH is 1. The van der Waals surface area contributed by atoms with Crippen molar-refractivity contribution in [3.63, 3.8) is 0 Å². The van der Waals surface area contributed by atoms with Gasteiger partial charge >= 0.3 is 0 Å². The molecule has 1 amide bonds. The summed E-state index contributed by atoms with van der Waals surface area (Å²) in [4.78, 5) is 11.3. The number of carbonyl (C=O) groups is 1. The molecule has 0 aliphatic carbocycles. The van der Waals surface area contributed by atoms with Gasteiger partial charge in [0.05, 0.1) is 16.4 Å². The van der Waals surface area contributed by atoms with Gasteiger partial charge in [0.2, 0.25) is 5.91 Å². The van der Waals surface area contributed by atoms with Gasteiger partial charge in [-0.3, -0.25) is 10.2 Å². The quantitative estimate of drug-likeness (QED) is 0.534. The lowest BCUT2D eigenvalue weighted by molar-refractivity contribution is -0.119. The zero-order valence-corrected chi connectivity index (χ0v) is 15.3. The molecule has 7 heteroatoms. The average Bonchev–Trinajstić information content (AvgIpc) is 2.62. The van der Waals surface area contributed by atoms with Crippen molar-refractivity contribution in [2.45, 2.75) is 25.2 Å². The number of rotatable bonds is 6. The number of hydrogen-bond acceptors (Lipinski definition) is 5. The summed E-state index contributed by atoms with van der Waals surface area (Å²) in [6, 6.07) is 14.6. The second kappa shape index (κ2) is 7.97. The lowest BCUT2D eigenvalue weighted by atomic mass is 9.95. The largest absolute Gasteiger partial charge is 0.512 e. The third kappa shape index (κ3) is 4.37. The van der Waals surface area contributed by atoms with Crippen LogP contribution in [0.5, 0.6) is 0 Å². The highest BCUT2D eigenvalue weighted by Crippen LogP contribution is 2.24. The molecule has 0 atom stereocenters. The summed E-state index contributed by atoms with van der Waals surface area (Å²) in [6.45, 7) is 3.03. The van der Waals surface area contributed by atoms with Crippen LogP contribution in [0.3, 0.4) is 0 Å². The Hall–Kier alpha value is -2.93. The van der Waals surface area contributed by atoms with Crippen LogP contribution in [0.25, 0.3) is 5.57 Å². The van der Waals surface area contributed by atoms with Gasteiger partial charge in [0, 0.05) is 17.6 Å². The molecule has 2 rings (SSSR count). The van der Waals surface area contributed by atoms with Gasteiger partial charge < -0.3 is 5.11 Å². The molecule has 0 aliphatic rings. The second-order valence-electron chi connectivity index (χ2n) is 5.61. The van der Waals surface area contributed by atoms with Crippen LogP contribution in [0.2, 0.25) is 0 Å². The Balaban J connectivity index is 2.38. The lowest BCUT2D eigenvalue weighted by Gasteiger charge is -2.12. The Morgan fingerprint density at radius 2 is 1.62 bits per heavy atom. The number of allylic oxidation sites excluding steroid dienone is 2. The first-order valence-electron chi connectivity index (χ1n) is 7.96. The van der Waals surface area contributed by atoms with Crippen molar-refractivity contribution in [3.8, 4) is 0 Å². The molecule has 2 aromatic carbocycles. The molecular formula is C19H20N2O4S. The fourth-order valence-corrected chi connectivity index (χ4v) is 3.42. The molecule has 0 radical (unpaired) electrons. The normalized spacial score (nSPS) is 12.2. The number of aliphatic hydroxyl groups is 1. The molecule has 3 N–H and O–H groups in total. The van der Waals surface area contributed by atoms with E-state index in [-0.39, 0.29) is 22.8 Å². The maximum Gasteiger partial charge on any atom is 0.264 e. The summed E-state index contributed by atoms with van der Waals surface area (Å²) in [5.41, 5.74) is 1.56. The van der Waals surface area contributed by atoms with Crippen molar-refractivity contribution in [2.75, 3.05) is 0 Å². The van der Waals surface area contributed by atoms with Crippen LogP contribution < -0.4 is 4.72 Å². The second-order valence-corrected chi connectivity index (χ2v) is 7.29. The van der Waals surface area contributed by atoms with Gasteiger partial charge in [0.1, 0.15) is 0 Å². The maximum absolute atomic E-state index is 12.1. The van der Waals surface area contributed by atoms with Crippen LogP contribution in [0.1, 0.15) is 31.4 Å². The molecule has 0 saturated carbocycles. The van der Waals surface area contributed by atoms with E-state index in [1.54, 1.807) is 31.2 Å². The maximum atomic E-state index is 12.1. The minimum Gasteiger partial charge on any atom is -0.512 e. The fourth-order valence-electron chi connectivity index (χ4n) is 2.36.